The molecule has 1 rings (SSSR count). The monoisotopic (exact) mass is 197 g/mol. The predicted molar refractivity (Wildman–Crippen MR) is 55.2 cm³/mol. The summed E-state index contributed by atoms with van der Waals surface area (Å²) in [4.78, 5) is 0. The molecule has 0 heterocycles. The van der Waals surface area contributed by atoms with E-state index in [4.69, 9.17) is 16.7 Å². The normalized spacial score (nSPS) is 11.5. The average molecular weight is 197 g/mol. The zero-order valence-electron chi connectivity index (χ0n) is 6.97. The summed E-state index contributed by atoms with van der Waals surface area (Å²) >= 11 is 1.33. The van der Waals surface area contributed by atoms with Gasteiger partial charge in [0.2, 0.25) is 0 Å². The number of nitrogens with two attached hydrogens (primary N) is 2. The fourth-order valence-corrected chi connectivity index (χ4v) is 1.41. The number of rotatable bonds is 2. The second kappa shape index (κ2) is 4.61. The van der Waals surface area contributed by atoms with Gasteiger partial charge in [-0.2, -0.15) is 5.10 Å². The maximum atomic E-state index is 9.14. The van der Waals surface area contributed by atoms with Gasteiger partial charge >= 0.3 is 0 Å². The first-order valence-corrected chi connectivity index (χ1v) is 4.65. The van der Waals surface area contributed by atoms with Crippen LogP contribution in [-0.2, 0) is 5.75 Å². The molecule has 5 N–H and O–H groups in total. The highest BCUT2D eigenvalue weighted by molar-refractivity contribution is 8.13. The Kier molecular flexibility index (Phi) is 3.45. The molecule has 4 nitrogen and oxygen atoms in total. The molecule has 0 aliphatic rings. The summed E-state index contributed by atoms with van der Waals surface area (Å²) in [6.45, 7) is 0. The van der Waals surface area contributed by atoms with Crippen LogP contribution in [0.5, 0.6) is 5.75 Å². The van der Waals surface area contributed by atoms with Gasteiger partial charge < -0.3 is 16.7 Å². The lowest BCUT2D eigenvalue weighted by Crippen LogP contribution is -2.09. The van der Waals surface area contributed by atoms with Crippen molar-refractivity contribution in [3.8, 4) is 5.75 Å². The number of hydrogen-bond acceptors (Lipinski definition) is 4. The lowest BCUT2D eigenvalue weighted by molar-refractivity contribution is 0.475. The Morgan fingerprint density at radius 1 is 1.54 bits per heavy atom. The lowest BCUT2D eigenvalue weighted by atomic mass is 10.2. The molecular formula is C8H11N3OS. The van der Waals surface area contributed by atoms with Gasteiger partial charge in [-0.25, -0.2) is 0 Å². The number of hydrogen-bond donors (Lipinski definition) is 3. The molecule has 0 aromatic heterocycles. The van der Waals surface area contributed by atoms with Crippen molar-refractivity contribution in [3.63, 3.8) is 0 Å². The van der Waals surface area contributed by atoms with Crippen LogP contribution in [0.1, 0.15) is 5.56 Å². The smallest absolute Gasteiger partial charge is 0.177 e. The number of phenolic OH excluding ortho intramolecular Hbond substituents is 1. The number of aromatic hydroxyl groups is 1. The molecule has 0 aliphatic carbocycles. The van der Waals surface area contributed by atoms with Crippen LogP contribution >= 0.6 is 11.8 Å². The summed E-state index contributed by atoms with van der Waals surface area (Å²) in [6.07, 6.45) is 0. The minimum absolute atomic E-state index is 0.251. The SMILES string of the molecule is NN=C(N)SCc1cccc(O)c1. The lowest BCUT2D eigenvalue weighted by Gasteiger charge is -2.00. The molecule has 70 valence electrons. The highest BCUT2D eigenvalue weighted by atomic mass is 32.2. The molecule has 0 spiro atoms. The summed E-state index contributed by atoms with van der Waals surface area (Å²) in [5.74, 6) is 5.86. The predicted octanol–water partition coefficient (Wildman–Crippen LogP) is 0.814. The van der Waals surface area contributed by atoms with E-state index in [9.17, 15) is 0 Å². The van der Waals surface area contributed by atoms with E-state index >= 15 is 0 Å². The second-order valence-corrected chi connectivity index (χ2v) is 3.42. The van der Waals surface area contributed by atoms with Crippen molar-refractivity contribution in [2.24, 2.45) is 16.7 Å². The van der Waals surface area contributed by atoms with Crippen LogP contribution < -0.4 is 11.6 Å². The molecule has 0 amide bonds. The highest BCUT2D eigenvalue weighted by Gasteiger charge is 1.97. The molecule has 5 heteroatoms. The Hall–Kier alpha value is -1.36. The molecule has 0 bridgehead atoms. The third kappa shape index (κ3) is 3.25. The molecule has 0 aliphatic heterocycles. The fraction of sp³-hybridized carbons (Fsp3) is 0.125. The van der Waals surface area contributed by atoms with Crippen molar-refractivity contribution in [1.82, 2.24) is 0 Å². The van der Waals surface area contributed by atoms with E-state index < -0.39 is 0 Å². The van der Waals surface area contributed by atoms with Crippen molar-refractivity contribution >= 4 is 16.9 Å². The molecule has 0 saturated heterocycles. The van der Waals surface area contributed by atoms with Gasteiger partial charge in [0, 0.05) is 5.75 Å². The van der Waals surface area contributed by atoms with Crippen LogP contribution in [-0.4, -0.2) is 10.3 Å². The van der Waals surface area contributed by atoms with Gasteiger partial charge in [-0.1, -0.05) is 23.9 Å². The quantitative estimate of drug-likeness (QED) is 0.283. The van der Waals surface area contributed by atoms with Gasteiger partial charge in [0.25, 0.3) is 0 Å². The van der Waals surface area contributed by atoms with Crippen LogP contribution in [0.3, 0.4) is 0 Å². The maximum absolute atomic E-state index is 9.14. The second-order valence-electron chi connectivity index (χ2n) is 2.43. The van der Waals surface area contributed by atoms with Crippen LogP contribution in [0.25, 0.3) is 0 Å². The van der Waals surface area contributed by atoms with Gasteiger partial charge in [-0.05, 0) is 17.7 Å². The van der Waals surface area contributed by atoms with E-state index in [1.54, 1.807) is 18.2 Å². The molecule has 0 atom stereocenters. The number of amidine groups is 1. The Labute approximate surface area is 80.6 Å². The average Bonchev–Trinajstić information content (AvgIpc) is 2.14. The van der Waals surface area contributed by atoms with Crippen molar-refractivity contribution in [1.29, 1.82) is 0 Å². The Morgan fingerprint density at radius 3 is 2.92 bits per heavy atom. The summed E-state index contributed by atoms with van der Waals surface area (Å²) in [5, 5.41) is 12.8. The Bertz CT molecular complexity index is 314. The summed E-state index contributed by atoms with van der Waals surface area (Å²) < 4.78 is 0. The highest BCUT2D eigenvalue weighted by Crippen LogP contribution is 2.16. The topological polar surface area (TPSA) is 84.6 Å². The molecule has 0 fully saturated rings. The van der Waals surface area contributed by atoms with Gasteiger partial charge in [-0.3, -0.25) is 0 Å². The van der Waals surface area contributed by atoms with E-state index in [1.165, 1.54) is 11.8 Å². The minimum Gasteiger partial charge on any atom is -0.508 e. The first kappa shape index (κ1) is 9.73. The number of hydrazone groups is 1. The largest absolute Gasteiger partial charge is 0.508 e. The summed E-state index contributed by atoms with van der Waals surface area (Å²) in [6, 6.07) is 6.98. The third-order valence-corrected chi connectivity index (χ3v) is 2.30. The molecule has 0 saturated carbocycles. The van der Waals surface area contributed by atoms with Crippen molar-refractivity contribution < 1.29 is 5.11 Å². The van der Waals surface area contributed by atoms with E-state index in [1.807, 2.05) is 6.07 Å². The Balaban J connectivity index is 2.55. The molecule has 13 heavy (non-hydrogen) atoms. The maximum Gasteiger partial charge on any atom is 0.177 e. The molecular weight excluding hydrogens is 186 g/mol. The zero-order chi connectivity index (χ0) is 9.68. The summed E-state index contributed by atoms with van der Waals surface area (Å²) in [7, 11) is 0. The Morgan fingerprint density at radius 2 is 2.31 bits per heavy atom. The van der Waals surface area contributed by atoms with Crippen LogP contribution in [0.2, 0.25) is 0 Å². The zero-order valence-corrected chi connectivity index (χ0v) is 7.79. The molecule has 1 aromatic rings. The van der Waals surface area contributed by atoms with Crippen molar-refractivity contribution in [2.75, 3.05) is 0 Å². The fourth-order valence-electron chi connectivity index (χ4n) is 0.841. The van der Waals surface area contributed by atoms with E-state index in [0.29, 0.717) is 10.9 Å². The standard InChI is InChI=1S/C8H11N3OS/c9-8(11-10)13-5-6-2-1-3-7(12)4-6/h1-4,12H,5,10H2,(H2,9,11). The van der Waals surface area contributed by atoms with Crippen molar-refractivity contribution in [2.45, 2.75) is 5.75 Å². The summed E-state index contributed by atoms with van der Waals surface area (Å²) in [5.41, 5.74) is 6.37. The third-order valence-electron chi connectivity index (χ3n) is 1.42. The van der Waals surface area contributed by atoms with Gasteiger partial charge in [0.1, 0.15) is 5.75 Å². The first-order chi connectivity index (χ1) is 6.22. The number of thioether (sulfide) groups is 1. The molecule has 0 radical (unpaired) electrons. The van der Waals surface area contributed by atoms with Gasteiger partial charge in [0.15, 0.2) is 5.17 Å². The van der Waals surface area contributed by atoms with Crippen LogP contribution in [0.15, 0.2) is 29.4 Å². The van der Waals surface area contributed by atoms with Crippen LogP contribution in [0, 0.1) is 0 Å². The van der Waals surface area contributed by atoms with Crippen molar-refractivity contribution in [3.05, 3.63) is 29.8 Å². The minimum atomic E-state index is 0.251. The number of phenols is 1. The van der Waals surface area contributed by atoms with E-state index in [2.05, 4.69) is 5.10 Å². The number of nitrogens with zero attached hydrogens (tertiary/aromatic N) is 1. The van der Waals surface area contributed by atoms with Gasteiger partial charge in [-0.15, -0.1) is 0 Å². The van der Waals surface area contributed by atoms with Crippen LogP contribution in [0.4, 0.5) is 0 Å². The van der Waals surface area contributed by atoms with E-state index in [0.717, 1.165) is 5.56 Å². The van der Waals surface area contributed by atoms with E-state index in [-0.39, 0.29) is 5.75 Å². The van der Waals surface area contributed by atoms with Gasteiger partial charge in [0.05, 0.1) is 0 Å². The molecule has 0 unspecified atom stereocenters. The first-order valence-electron chi connectivity index (χ1n) is 3.66. The number of benzene rings is 1. The molecule has 1 aromatic carbocycles.